The first kappa shape index (κ1) is 12.6. The summed E-state index contributed by atoms with van der Waals surface area (Å²) in [6.07, 6.45) is 3.10. The quantitative estimate of drug-likeness (QED) is 0.840. The van der Waals surface area contributed by atoms with Gasteiger partial charge in [-0.3, -0.25) is 4.79 Å². The first-order chi connectivity index (χ1) is 9.03. The third kappa shape index (κ3) is 1.95. The van der Waals surface area contributed by atoms with Crippen molar-refractivity contribution in [3.8, 4) is 0 Å². The van der Waals surface area contributed by atoms with Gasteiger partial charge in [0, 0.05) is 4.47 Å². The molecule has 2 heterocycles. The molecular formula is C15H13BrO3. The molecule has 0 amide bonds. The standard InChI is InChI=1S/C15H13BrO3/c1-15-8-13(18-2)14(17)12(19-15)7-11(15)9-3-5-10(16)6-4-9/h3-8,12H,1-2H3/t12-,15-/m1/s1. The van der Waals surface area contributed by atoms with Gasteiger partial charge < -0.3 is 9.47 Å². The van der Waals surface area contributed by atoms with Crippen molar-refractivity contribution in [3.63, 3.8) is 0 Å². The fourth-order valence-electron chi connectivity index (χ4n) is 2.55. The second-order valence-electron chi connectivity index (χ2n) is 4.81. The van der Waals surface area contributed by atoms with Crippen LogP contribution in [0.1, 0.15) is 12.5 Å². The molecule has 19 heavy (non-hydrogen) atoms. The number of fused-ring (bicyclic) bond motifs is 2. The number of carbonyl (C=O) groups is 1. The molecule has 2 aliphatic rings. The number of Topliss-reactive ketones (excluding diaryl/α,β-unsaturated/α-hetero) is 1. The van der Waals surface area contributed by atoms with Gasteiger partial charge in [0.15, 0.2) is 5.76 Å². The summed E-state index contributed by atoms with van der Waals surface area (Å²) in [6, 6.07) is 7.97. The van der Waals surface area contributed by atoms with E-state index < -0.39 is 11.7 Å². The van der Waals surface area contributed by atoms with Gasteiger partial charge in [0.1, 0.15) is 11.7 Å². The summed E-state index contributed by atoms with van der Waals surface area (Å²) in [5, 5.41) is 0. The number of benzene rings is 1. The van der Waals surface area contributed by atoms with Gasteiger partial charge in [-0.05, 0) is 42.3 Å². The highest BCUT2D eigenvalue weighted by Crippen LogP contribution is 2.43. The summed E-state index contributed by atoms with van der Waals surface area (Å²) in [7, 11) is 1.51. The van der Waals surface area contributed by atoms with E-state index in [-0.39, 0.29) is 5.78 Å². The molecule has 2 atom stereocenters. The number of halogens is 1. The molecule has 0 aromatic heterocycles. The fourth-order valence-corrected chi connectivity index (χ4v) is 2.82. The van der Waals surface area contributed by atoms with Gasteiger partial charge in [-0.1, -0.05) is 28.1 Å². The lowest BCUT2D eigenvalue weighted by atomic mass is 9.90. The zero-order valence-corrected chi connectivity index (χ0v) is 12.2. The lowest BCUT2D eigenvalue weighted by Gasteiger charge is -2.29. The summed E-state index contributed by atoms with van der Waals surface area (Å²) < 4.78 is 12.0. The van der Waals surface area contributed by atoms with Gasteiger partial charge in [0.25, 0.3) is 0 Å². The van der Waals surface area contributed by atoms with Crippen LogP contribution < -0.4 is 0 Å². The Morgan fingerprint density at radius 1 is 1.32 bits per heavy atom. The van der Waals surface area contributed by atoms with Crippen LogP contribution in [0, 0.1) is 0 Å². The van der Waals surface area contributed by atoms with Gasteiger partial charge >= 0.3 is 0 Å². The highest BCUT2D eigenvalue weighted by molar-refractivity contribution is 9.10. The summed E-state index contributed by atoms with van der Waals surface area (Å²) in [6.45, 7) is 1.95. The Balaban J connectivity index is 2.07. The lowest BCUT2D eigenvalue weighted by Crippen LogP contribution is -2.36. The van der Waals surface area contributed by atoms with Crippen LogP contribution >= 0.6 is 15.9 Å². The normalized spacial score (nSPS) is 29.0. The molecule has 0 saturated carbocycles. The van der Waals surface area contributed by atoms with Crippen molar-refractivity contribution in [1.82, 2.24) is 0 Å². The van der Waals surface area contributed by atoms with Crippen LogP contribution in [0.5, 0.6) is 0 Å². The van der Waals surface area contributed by atoms with Crippen molar-refractivity contribution >= 4 is 27.3 Å². The Bertz CT molecular complexity index is 600. The second kappa shape index (κ2) is 4.32. The minimum absolute atomic E-state index is 0.118. The maximum Gasteiger partial charge on any atom is 0.229 e. The smallest absolute Gasteiger partial charge is 0.229 e. The average molecular weight is 321 g/mol. The molecule has 0 N–H and O–H groups in total. The van der Waals surface area contributed by atoms with Gasteiger partial charge in [-0.2, -0.15) is 0 Å². The summed E-state index contributed by atoms with van der Waals surface area (Å²) in [4.78, 5) is 12.0. The molecule has 2 bridgehead atoms. The number of ether oxygens (including phenoxy) is 2. The molecule has 0 fully saturated rings. The van der Waals surface area contributed by atoms with Crippen molar-refractivity contribution < 1.29 is 14.3 Å². The van der Waals surface area contributed by atoms with E-state index in [9.17, 15) is 4.79 Å². The third-order valence-corrected chi connectivity index (χ3v) is 4.04. The first-order valence-electron chi connectivity index (χ1n) is 6.00. The predicted molar refractivity (Wildman–Crippen MR) is 75.5 cm³/mol. The first-order valence-corrected chi connectivity index (χ1v) is 6.80. The van der Waals surface area contributed by atoms with E-state index in [4.69, 9.17) is 9.47 Å². The summed E-state index contributed by atoms with van der Waals surface area (Å²) >= 11 is 3.42. The molecule has 0 radical (unpaired) electrons. The summed E-state index contributed by atoms with van der Waals surface area (Å²) in [5.41, 5.74) is 1.46. The lowest BCUT2D eigenvalue weighted by molar-refractivity contribution is -0.132. The molecule has 0 aliphatic carbocycles. The number of methoxy groups -OCH3 is 1. The Hall–Kier alpha value is -1.39. The minimum Gasteiger partial charge on any atom is -0.493 e. The van der Waals surface area contributed by atoms with Crippen LogP contribution in [0.15, 0.2) is 46.6 Å². The Labute approximate surface area is 120 Å². The summed E-state index contributed by atoms with van der Waals surface area (Å²) in [5.74, 6) is 0.259. The molecule has 1 aromatic carbocycles. The molecule has 98 valence electrons. The largest absolute Gasteiger partial charge is 0.493 e. The Kier molecular flexibility index (Phi) is 2.87. The van der Waals surface area contributed by atoms with Crippen molar-refractivity contribution in [2.24, 2.45) is 0 Å². The monoisotopic (exact) mass is 320 g/mol. The van der Waals surface area contributed by atoms with Crippen LogP contribution in [0.2, 0.25) is 0 Å². The van der Waals surface area contributed by atoms with E-state index in [2.05, 4.69) is 15.9 Å². The van der Waals surface area contributed by atoms with E-state index in [0.29, 0.717) is 5.76 Å². The van der Waals surface area contributed by atoms with Gasteiger partial charge in [0.05, 0.1) is 7.11 Å². The van der Waals surface area contributed by atoms with E-state index >= 15 is 0 Å². The molecule has 0 saturated heterocycles. The molecular weight excluding hydrogens is 308 g/mol. The third-order valence-electron chi connectivity index (χ3n) is 3.51. The Morgan fingerprint density at radius 3 is 2.63 bits per heavy atom. The van der Waals surface area contributed by atoms with E-state index in [1.807, 2.05) is 37.3 Å². The van der Waals surface area contributed by atoms with Crippen LogP contribution in [-0.2, 0) is 14.3 Å². The predicted octanol–water partition coefficient (Wildman–Crippen LogP) is 3.10. The van der Waals surface area contributed by atoms with Crippen molar-refractivity contribution in [3.05, 3.63) is 52.2 Å². The maximum atomic E-state index is 12.0. The SMILES string of the molecule is COC1=C[C@@]2(C)O[C@H](C=C2c2ccc(Br)cc2)C1=O. The van der Waals surface area contributed by atoms with Crippen LogP contribution in [0.3, 0.4) is 0 Å². The number of hydrogen-bond acceptors (Lipinski definition) is 3. The van der Waals surface area contributed by atoms with Crippen molar-refractivity contribution in [1.29, 1.82) is 0 Å². The number of carbonyl (C=O) groups excluding carboxylic acids is 1. The van der Waals surface area contributed by atoms with E-state index in [1.54, 1.807) is 6.08 Å². The zero-order chi connectivity index (χ0) is 13.6. The highest BCUT2D eigenvalue weighted by Gasteiger charge is 2.46. The molecule has 3 rings (SSSR count). The van der Waals surface area contributed by atoms with Crippen LogP contribution in [0.4, 0.5) is 0 Å². The van der Waals surface area contributed by atoms with E-state index in [0.717, 1.165) is 15.6 Å². The molecule has 1 aromatic rings. The minimum atomic E-state index is -0.599. The van der Waals surface area contributed by atoms with Crippen LogP contribution in [0.25, 0.3) is 5.57 Å². The number of ketones is 1. The molecule has 0 spiro atoms. The van der Waals surface area contributed by atoms with E-state index in [1.165, 1.54) is 7.11 Å². The Morgan fingerprint density at radius 2 is 2.00 bits per heavy atom. The second-order valence-corrected chi connectivity index (χ2v) is 5.73. The van der Waals surface area contributed by atoms with Gasteiger partial charge in [-0.25, -0.2) is 0 Å². The molecule has 4 heteroatoms. The topological polar surface area (TPSA) is 35.5 Å². The van der Waals surface area contributed by atoms with Gasteiger partial charge in [0.2, 0.25) is 5.78 Å². The number of rotatable bonds is 2. The van der Waals surface area contributed by atoms with Crippen molar-refractivity contribution in [2.45, 2.75) is 18.6 Å². The average Bonchev–Trinajstić information content (AvgIpc) is 2.69. The fraction of sp³-hybridized carbons (Fsp3) is 0.267. The highest BCUT2D eigenvalue weighted by atomic mass is 79.9. The van der Waals surface area contributed by atoms with Crippen LogP contribution in [-0.4, -0.2) is 24.6 Å². The van der Waals surface area contributed by atoms with Gasteiger partial charge in [-0.15, -0.1) is 0 Å². The zero-order valence-electron chi connectivity index (χ0n) is 10.6. The molecule has 3 nitrogen and oxygen atoms in total. The molecule has 0 unspecified atom stereocenters. The molecule has 2 aliphatic heterocycles. The van der Waals surface area contributed by atoms with Crippen molar-refractivity contribution in [2.75, 3.05) is 7.11 Å². The number of hydrogen-bond donors (Lipinski definition) is 0. The maximum absolute atomic E-state index is 12.0.